The predicted molar refractivity (Wildman–Crippen MR) is 97.6 cm³/mol. The number of rotatable bonds is 5. The zero-order chi connectivity index (χ0) is 19.4. The van der Waals surface area contributed by atoms with Crippen molar-refractivity contribution in [3.63, 3.8) is 0 Å². The van der Waals surface area contributed by atoms with Gasteiger partial charge in [0.1, 0.15) is 17.6 Å². The SMILES string of the molecule is COCCNC(=O)[C@@H]1CO[C@@]2(CCC[C@H](C)C2)N1C(=O)c1ccccc1F. The molecule has 148 valence electrons. The molecule has 27 heavy (non-hydrogen) atoms. The van der Waals surface area contributed by atoms with Crippen LogP contribution in [0.2, 0.25) is 0 Å². The third-order valence-electron chi connectivity index (χ3n) is 5.42. The lowest BCUT2D eigenvalue weighted by atomic mass is 9.83. The molecule has 1 heterocycles. The van der Waals surface area contributed by atoms with E-state index >= 15 is 0 Å². The van der Waals surface area contributed by atoms with Crippen molar-refractivity contribution in [2.45, 2.75) is 44.4 Å². The highest BCUT2D eigenvalue weighted by Gasteiger charge is 2.54. The fourth-order valence-electron chi connectivity index (χ4n) is 4.17. The summed E-state index contributed by atoms with van der Waals surface area (Å²) in [5.41, 5.74) is -0.879. The second-order valence-electron chi connectivity index (χ2n) is 7.41. The number of nitrogens with one attached hydrogen (secondary N) is 1. The van der Waals surface area contributed by atoms with E-state index in [1.54, 1.807) is 19.2 Å². The first-order chi connectivity index (χ1) is 13.0. The van der Waals surface area contributed by atoms with Gasteiger partial charge in [0, 0.05) is 13.7 Å². The summed E-state index contributed by atoms with van der Waals surface area (Å²) in [6, 6.07) is 5.10. The Morgan fingerprint density at radius 3 is 2.89 bits per heavy atom. The number of carbonyl (C=O) groups is 2. The van der Waals surface area contributed by atoms with Gasteiger partial charge in [0.05, 0.1) is 18.8 Å². The third kappa shape index (κ3) is 3.99. The van der Waals surface area contributed by atoms with Gasteiger partial charge in [0.2, 0.25) is 5.91 Å². The number of hydrogen-bond donors (Lipinski definition) is 1. The zero-order valence-electron chi connectivity index (χ0n) is 15.9. The second-order valence-corrected chi connectivity index (χ2v) is 7.41. The number of nitrogens with zero attached hydrogens (tertiary/aromatic N) is 1. The molecule has 3 rings (SSSR count). The van der Waals surface area contributed by atoms with E-state index in [9.17, 15) is 14.0 Å². The Morgan fingerprint density at radius 2 is 2.19 bits per heavy atom. The normalized spacial score (nSPS) is 27.7. The molecule has 7 heteroatoms. The van der Waals surface area contributed by atoms with Gasteiger partial charge in [0.25, 0.3) is 5.91 Å². The smallest absolute Gasteiger partial charge is 0.259 e. The van der Waals surface area contributed by atoms with Crippen molar-refractivity contribution >= 4 is 11.8 Å². The molecular formula is C20H27FN2O4. The van der Waals surface area contributed by atoms with Gasteiger partial charge in [-0.05, 0) is 37.3 Å². The highest BCUT2D eigenvalue weighted by atomic mass is 19.1. The molecule has 2 amide bonds. The molecule has 1 aliphatic carbocycles. The number of methoxy groups -OCH3 is 1. The Hall–Kier alpha value is -1.99. The molecule has 2 fully saturated rings. The molecule has 1 N–H and O–H groups in total. The van der Waals surface area contributed by atoms with Crippen LogP contribution in [0, 0.1) is 11.7 Å². The second kappa shape index (κ2) is 8.35. The molecule has 1 saturated heterocycles. The Labute approximate surface area is 159 Å². The van der Waals surface area contributed by atoms with E-state index in [4.69, 9.17) is 9.47 Å². The van der Waals surface area contributed by atoms with Crippen molar-refractivity contribution in [2.24, 2.45) is 5.92 Å². The first kappa shape index (κ1) is 19.8. The maximum atomic E-state index is 14.3. The molecule has 0 unspecified atom stereocenters. The van der Waals surface area contributed by atoms with E-state index in [0.29, 0.717) is 31.9 Å². The summed E-state index contributed by atoms with van der Waals surface area (Å²) in [6.07, 6.45) is 3.26. The fourth-order valence-corrected chi connectivity index (χ4v) is 4.17. The van der Waals surface area contributed by atoms with Gasteiger partial charge in [-0.1, -0.05) is 25.5 Å². The van der Waals surface area contributed by atoms with Crippen LogP contribution in [0.1, 0.15) is 43.0 Å². The van der Waals surface area contributed by atoms with Crippen LogP contribution in [0.3, 0.4) is 0 Å². The molecule has 1 spiro atoms. The lowest BCUT2D eigenvalue weighted by Gasteiger charge is -2.43. The number of carbonyl (C=O) groups excluding carboxylic acids is 2. The lowest BCUT2D eigenvalue weighted by Crippen LogP contribution is -2.57. The quantitative estimate of drug-likeness (QED) is 0.799. The molecule has 6 nitrogen and oxygen atoms in total. The Bertz CT molecular complexity index is 698. The first-order valence-corrected chi connectivity index (χ1v) is 9.47. The van der Waals surface area contributed by atoms with Gasteiger partial charge >= 0.3 is 0 Å². The van der Waals surface area contributed by atoms with Crippen LogP contribution in [0.15, 0.2) is 24.3 Å². The van der Waals surface area contributed by atoms with Crippen LogP contribution in [0.4, 0.5) is 4.39 Å². The summed E-state index contributed by atoms with van der Waals surface area (Å²) >= 11 is 0. The molecule has 1 aliphatic heterocycles. The topological polar surface area (TPSA) is 67.9 Å². The van der Waals surface area contributed by atoms with Crippen LogP contribution in [0.5, 0.6) is 0 Å². The molecule has 0 radical (unpaired) electrons. The van der Waals surface area contributed by atoms with Crippen LogP contribution in [-0.4, -0.2) is 55.3 Å². The number of halogens is 1. The summed E-state index contributed by atoms with van der Waals surface area (Å²) in [6.45, 7) is 2.95. The standard InChI is InChI=1S/C20H27FN2O4/c1-14-6-5-9-20(12-14)23(19(25)15-7-3-4-8-16(15)21)17(13-27-20)18(24)22-10-11-26-2/h3-4,7-8,14,17H,5-6,9-13H2,1-2H3,(H,22,24)/t14-,17-,20+/m0/s1. The van der Waals surface area contributed by atoms with Crippen molar-refractivity contribution in [2.75, 3.05) is 26.9 Å². The van der Waals surface area contributed by atoms with E-state index in [2.05, 4.69) is 12.2 Å². The maximum absolute atomic E-state index is 14.3. The van der Waals surface area contributed by atoms with Crippen molar-refractivity contribution in [1.29, 1.82) is 0 Å². The first-order valence-electron chi connectivity index (χ1n) is 9.47. The van der Waals surface area contributed by atoms with E-state index in [0.717, 1.165) is 12.8 Å². The van der Waals surface area contributed by atoms with Crippen molar-refractivity contribution < 1.29 is 23.5 Å². The largest absolute Gasteiger partial charge is 0.383 e. The molecule has 1 saturated carbocycles. The van der Waals surface area contributed by atoms with Crippen LogP contribution >= 0.6 is 0 Å². The van der Waals surface area contributed by atoms with Crippen molar-refractivity contribution in [1.82, 2.24) is 10.2 Å². The fraction of sp³-hybridized carbons (Fsp3) is 0.600. The molecule has 2 aliphatic rings. The average Bonchev–Trinajstić information content (AvgIpc) is 3.00. The van der Waals surface area contributed by atoms with Crippen LogP contribution in [-0.2, 0) is 14.3 Å². The molecule has 3 atom stereocenters. The number of hydrogen-bond acceptors (Lipinski definition) is 4. The van der Waals surface area contributed by atoms with E-state index < -0.39 is 23.5 Å². The Kier molecular flexibility index (Phi) is 6.11. The van der Waals surface area contributed by atoms with Crippen molar-refractivity contribution in [3.8, 4) is 0 Å². The van der Waals surface area contributed by atoms with Gasteiger partial charge < -0.3 is 14.8 Å². The summed E-state index contributed by atoms with van der Waals surface area (Å²) in [5, 5.41) is 2.78. The highest BCUT2D eigenvalue weighted by Crippen LogP contribution is 2.43. The zero-order valence-corrected chi connectivity index (χ0v) is 15.9. The van der Waals surface area contributed by atoms with Gasteiger partial charge in [0.15, 0.2) is 0 Å². The number of amides is 2. The molecule has 1 aromatic carbocycles. The average molecular weight is 378 g/mol. The van der Waals surface area contributed by atoms with Crippen molar-refractivity contribution in [3.05, 3.63) is 35.6 Å². The summed E-state index contributed by atoms with van der Waals surface area (Å²) in [7, 11) is 1.55. The Morgan fingerprint density at radius 1 is 1.41 bits per heavy atom. The summed E-state index contributed by atoms with van der Waals surface area (Å²) < 4.78 is 25.3. The molecular weight excluding hydrogens is 351 g/mol. The maximum Gasteiger partial charge on any atom is 0.259 e. The minimum atomic E-state index is -0.847. The van der Waals surface area contributed by atoms with Gasteiger partial charge in [-0.15, -0.1) is 0 Å². The van der Waals surface area contributed by atoms with Crippen LogP contribution < -0.4 is 5.32 Å². The summed E-state index contributed by atoms with van der Waals surface area (Å²) in [5.74, 6) is -1.02. The molecule has 0 aromatic heterocycles. The summed E-state index contributed by atoms with van der Waals surface area (Å²) in [4.78, 5) is 27.5. The monoisotopic (exact) mass is 378 g/mol. The van der Waals surface area contributed by atoms with Gasteiger partial charge in [-0.2, -0.15) is 0 Å². The minimum absolute atomic E-state index is 0.0321. The number of benzene rings is 1. The predicted octanol–water partition coefficient (Wildman–Crippen LogP) is 2.34. The molecule has 1 aromatic rings. The molecule has 0 bridgehead atoms. The van der Waals surface area contributed by atoms with E-state index in [-0.39, 0.29) is 18.1 Å². The lowest BCUT2D eigenvalue weighted by molar-refractivity contribution is -0.128. The van der Waals surface area contributed by atoms with E-state index in [1.165, 1.54) is 17.0 Å². The van der Waals surface area contributed by atoms with Gasteiger partial charge in [-0.3, -0.25) is 14.5 Å². The van der Waals surface area contributed by atoms with Gasteiger partial charge in [-0.25, -0.2) is 4.39 Å². The van der Waals surface area contributed by atoms with E-state index in [1.807, 2.05) is 0 Å². The van der Waals surface area contributed by atoms with Crippen LogP contribution in [0.25, 0.3) is 0 Å². The third-order valence-corrected chi connectivity index (χ3v) is 5.42. The number of ether oxygens (including phenoxy) is 2. The highest BCUT2D eigenvalue weighted by molar-refractivity contribution is 5.98. The minimum Gasteiger partial charge on any atom is -0.383 e. The Balaban J connectivity index is 1.91.